The zero-order valence-electron chi connectivity index (χ0n) is 19.6. The van der Waals surface area contributed by atoms with Crippen LogP contribution in [0.1, 0.15) is 58.7 Å². The van der Waals surface area contributed by atoms with Gasteiger partial charge < -0.3 is 5.11 Å². The first-order valence-electron chi connectivity index (χ1n) is 11.1. The average molecular weight is 465 g/mol. The Morgan fingerprint density at radius 1 is 0.886 bits per heavy atom. The van der Waals surface area contributed by atoms with Gasteiger partial charge in [-0.3, -0.25) is 14.5 Å². The van der Waals surface area contributed by atoms with Crippen LogP contribution in [0.5, 0.6) is 0 Å². The van der Waals surface area contributed by atoms with Crippen molar-refractivity contribution in [2.45, 2.75) is 26.8 Å². The van der Waals surface area contributed by atoms with Gasteiger partial charge in [-0.15, -0.1) is 10.2 Å². The molecule has 174 valence electrons. The summed E-state index contributed by atoms with van der Waals surface area (Å²) in [6, 6.07) is 24.7. The molecule has 1 heterocycles. The van der Waals surface area contributed by atoms with E-state index in [-0.39, 0.29) is 28.3 Å². The van der Waals surface area contributed by atoms with Crippen molar-refractivity contribution < 1.29 is 14.7 Å². The number of hydrogen-bond donors (Lipinski definition) is 1. The van der Waals surface area contributed by atoms with E-state index >= 15 is 0 Å². The highest BCUT2D eigenvalue weighted by Crippen LogP contribution is 2.39. The minimum absolute atomic E-state index is 0.116. The number of carbonyl (C=O) groups excluding carboxylic acids is 2. The minimum Gasteiger partial charge on any atom is -0.509 e. The molecule has 0 saturated heterocycles. The van der Waals surface area contributed by atoms with Gasteiger partial charge in [-0.05, 0) is 23.3 Å². The Kier molecular flexibility index (Phi) is 6.30. The summed E-state index contributed by atoms with van der Waals surface area (Å²) >= 11 is 0. The van der Waals surface area contributed by atoms with E-state index in [2.05, 4.69) is 10.2 Å². The van der Waals surface area contributed by atoms with E-state index in [1.165, 1.54) is 4.90 Å². The van der Waals surface area contributed by atoms with Gasteiger partial charge in [-0.2, -0.15) is 5.26 Å². The molecule has 0 bridgehead atoms. The van der Waals surface area contributed by atoms with Crippen molar-refractivity contribution in [3.05, 3.63) is 113 Å². The lowest BCUT2D eigenvalue weighted by molar-refractivity contribution is 0.0609. The molecule has 1 N–H and O–H groups in total. The van der Waals surface area contributed by atoms with Crippen LogP contribution >= 0.6 is 0 Å². The molecule has 3 aromatic rings. The highest BCUT2D eigenvalue weighted by molar-refractivity contribution is 6.23. The number of hydrogen-bond acceptors (Lipinski definition) is 6. The summed E-state index contributed by atoms with van der Waals surface area (Å²) < 4.78 is 0. The average Bonchev–Trinajstić information content (AvgIpc) is 3.11. The molecule has 4 rings (SSSR count). The standard InChI is InChI=1S/C28H24N4O3/c1-28(2,3)25(33)22(17-29)31-30-21-16-10-15-20-23(21)27(35)32(26(20)34)24(18-11-6-4-7-12-18)19-13-8-5-9-14-19/h4-16,24,33H,1-3H3/b25-22-,31-30?. The zero-order chi connectivity index (χ0) is 25.2. The number of carbonyl (C=O) groups is 2. The Morgan fingerprint density at radius 3 is 1.97 bits per heavy atom. The summed E-state index contributed by atoms with van der Waals surface area (Å²) in [7, 11) is 0. The Balaban J connectivity index is 1.80. The quantitative estimate of drug-likeness (QED) is 0.201. The van der Waals surface area contributed by atoms with Crippen LogP contribution in [0.4, 0.5) is 5.69 Å². The van der Waals surface area contributed by atoms with Gasteiger partial charge in [0.1, 0.15) is 11.8 Å². The highest BCUT2D eigenvalue weighted by atomic mass is 16.3. The van der Waals surface area contributed by atoms with Crippen LogP contribution in [0, 0.1) is 16.7 Å². The fraction of sp³-hybridized carbons (Fsp3) is 0.179. The maximum atomic E-state index is 13.7. The van der Waals surface area contributed by atoms with Gasteiger partial charge in [0.2, 0.25) is 5.70 Å². The Labute approximate surface area is 203 Å². The van der Waals surface area contributed by atoms with Crippen molar-refractivity contribution >= 4 is 17.5 Å². The maximum absolute atomic E-state index is 13.7. The molecule has 1 aliphatic heterocycles. The third-order valence-electron chi connectivity index (χ3n) is 5.71. The molecule has 0 aliphatic carbocycles. The fourth-order valence-electron chi connectivity index (χ4n) is 3.95. The molecule has 2 amide bonds. The van der Waals surface area contributed by atoms with Gasteiger partial charge >= 0.3 is 0 Å². The normalized spacial score (nSPS) is 14.3. The van der Waals surface area contributed by atoms with Crippen molar-refractivity contribution in [3.63, 3.8) is 0 Å². The number of azo groups is 1. The number of imide groups is 1. The van der Waals surface area contributed by atoms with Gasteiger partial charge in [-0.1, -0.05) is 87.5 Å². The number of nitrogens with zero attached hydrogens (tertiary/aromatic N) is 4. The molecule has 0 radical (unpaired) electrons. The summed E-state index contributed by atoms with van der Waals surface area (Å²) in [5, 5.41) is 27.8. The second-order valence-corrected chi connectivity index (χ2v) is 9.16. The maximum Gasteiger partial charge on any atom is 0.264 e. The van der Waals surface area contributed by atoms with Crippen LogP contribution in [0.25, 0.3) is 0 Å². The first-order chi connectivity index (χ1) is 16.7. The van der Waals surface area contributed by atoms with Crippen LogP contribution in [0.15, 0.2) is 101 Å². The summed E-state index contributed by atoms with van der Waals surface area (Å²) in [4.78, 5) is 28.5. The molecule has 35 heavy (non-hydrogen) atoms. The molecule has 0 atom stereocenters. The Morgan fingerprint density at radius 2 is 1.46 bits per heavy atom. The van der Waals surface area contributed by atoms with Crippen LogP contribution < -0.4 is 0 Å². The smallest absolute Gasteiger partial charge is 0.264 e. The van der Waals surface area contributed by atoms with E-state index in [4.69, 9.17) is 0 Å². The number of fused-ring (bicyclic) bond motifs is 1. The molecule has 0 fully saturated rings. The largest absolute Gasteiger partial charge is 0.509 e. The monoisotopic (exact) mass is 464 g/mol. The SMILES string of the molecule is CC(C)(C)/C(O)=C(\C#N)N=Nc1cccc2c1C(=O)N(C(c1ccccc1)c1ccccc1)C2=O. The number of aliphatic hydroxyl groups is 1. The first-order valence-corrected chi connectivity index (χ1v) is 11.1. The predicted octanol–water partition coefficient (Wildman–Crippen LogP) is 6.50. The third kappa shape index (κ3) is 4.46. The molecular formula is C28H24N4O3. The fourth-order valence-corrected chi connectivity index (χ4v) is 3.95. The highest BCUT2D eigenvalue weighted by Gasteiger charge is 2.42. The third-order valence-corrected chi connectivity index (χ3v) is 5.71. The number of amides is 2. The van der Waals surface area contributed by atoms with Gasteiger partial charge in [-0.25, -0.2) is 0 Å². The van der Waals surface area contributed by atoms with E-state index in [0.717, 1.165) is 11.1 Å². The molecule has 1 aliphatic rings. The topological polar surface area (TPSA) is 106 Å². The van der Waals surface area contributed by atoms with E-state index in [1.807, 2.05) is 66.7 Å². The summed E-state index contributed by atoms with van der Waals surface area (Å²) in [6.45, 7) is 5.22. The van der Waals surface area contributed by atoms with Crippen molar-refractivity contribution in [1.82, 2.24) is 4.90 Å². The molecule has 0 saturated carbocycles. The van der Waals surface area contributed by atoms with Crippen molar-refractivity contribution in [3.8, 4) is 6.07 Å². The predicted molar refractivity (Wildman–Crippen MR) is 131 cm³/mol. The molecule has 3 aromatic carbocycles. The molecule has 0 unspecified atom stereocenters. The minimum atomic E-state index is -0.704. The van der Waals surface area contributed by atoms with E-state index < -0.39 is 23.3 Å². The van der Waals surface area contributed by atoms with Crippen molar-refractivity contribution in [2.75, 3.05) is 0 Å². The molecule has 0 spiro atoms. The lowest BCUT2D eigenvalue weighted by Crippen LogP contribution is -2.34. The summed E-state index contributed by atoms with van der Waals surface area (Å²) in [6.07, 6.45) is 0. The second-order valence-electron chi connectivity index (χ2n) is 9.16. The van der Waals surface area contributed by atoms with E-state index in [9.17, 15) is 20.0 Å². The van der Waals surface area contributed by atoms with Gasteiger partial charge in [0.05, 0.1) is 22.9 Å². The summed E-state index contributed by atoms with van der Waals surface area (Å²) in [5.74, 6) is -1.15. The lowest BCUT2D eigenvalue weighted by atomic mass is 9.93. The summed E-state index contributed by atoms with van der Waals surface area (Å²) in [5.41, 5.74) is 1.11. The Bertz CT molecular complexity index is 1340. The van der Waals surface area contributed by atoms with Gasteiger partial charge in [0, 0.05) is 5.41 Å². The van der Waals surface area contributed by atoms with Gasteiger partial charge in [0.15, 0.2) is 0 Å². The van der Waals surface area contributed by atoms with Crippen LogP contribution in [0.2, 0.25) is 0 Å². The van der Waals surface area contributed by atoms with Gasteiger partial charge in [0.25, 0.3) is 11.8 Å². The number of benzene rings is 3. The lowest BCUT2D eigenvalue weighted by Gasteiger charge is -2.27. The molecule has 7 nitrogen and oxygen atoms in total. The van der Waals surface area contributed by atoms with Crippen LogP contribution in [0.3, 0.4) is 0 Å². The van der Waals surface area contributed by atoms with Crippen molar-refractivity contribution in [2.24, 2.45) is 15.6 Å². The zero-order valence-corrected chi connectivity index (χ0v) is 19.6. The van der Waals surface area contributed by atoms with E-state index in [1.54, 1.807) is 39.0 Å². The number of allylic oxidation sites excluding steroid dienone is 2. The number of rotatable bonds is 5. The second kappa shape index (κ2) is 9.35. The van der Waals surface area contributed by atoms with Crippen LogP contribution in [-0.4, -0.2) is 21.8 Å². The molecular weight excluding hydrogens is 440 g/mol. The molecule has 7 heteroatoms. The number of aliphatic hydroxyl groups excluding tert-OH is 1. The van der Waals surface area contributed by atoms with Crippen molar-refractivity contribution in [1.29, 1.82) is 5.26 Å². The first kappa shape index (κ1) is 23.6. The van der Waals surface area contributed by atoms with E-state index in [0.29, 0.717) is 0 Å². The molecule has 0 aromatic heterocycles. The Hall–Kier alpha value is -4.57. The number of nitriles is 1. The van der Waals surface area contributed by atoms with Crippen LogP contribution in [-0.2, 0) is 0 Å².